The molecule has 0 spiro atoms. The number of ether oxygens (including phenoxy) is 1. The molecule has 0 atom stereocenters. The molecule has 0 radical (unpaired) electrons. The second kappa shape index (κ2) is 4.14. The highest BCUT2D eigenvalue weighted by Crippen LogP contribution is 2.35. The van der Waals surface area contributed by atoms with E-state index in [0.29, 0.717) is 5.57 Å². The van der Waals surface area contributed by atoms with Crippen molar-refractivity contribution in [3.8, 4) is 0 Å². The fourth-order valence-electron chi connectivity index (χ4n) is 1.44. The molecular formula is C10H15ClO2. The van der Waals surface area contributed by atoms with E-state index in [1.54, 1.807) is 6.92 Å². The van der Waals surface area contributed by atoms with Crippen molar-refractivity contribution in [3.05, 3.63) is 12.2 Å². The summed E-state index contributed by atoms with van der Waals surface area (Å²) in [6.45, 7) is 5.15. The van der Waals surface area contributed by atoms with Crippen LogP contribution >= 0.6 is 11.6 Å². The molecule has 1 aliphatic carbocycles. The minimum Gasteiger partial charge on any atom is -0.440 e. The first-order valence-corrected chi connectivity index (χ1v) is 4.99. The molecule has 13 heavy (non-hydrogen) atoms. The first kappa shape index (κ1) is 10.6. The summed E-state index contributed by atoms with van der Waals surface area (Å²) in [6.07, 6.45) is 4.76. The van der Waals surface area contributed by atoms with Crippen molar-refractivity contribution in [1.82, 2.24) is 0 Å². The number of hydrogen-bond acceptors (Lipinski definition) is 2. The first-order chi connectivity index (χ1) is 6.03. The van der Waals surface area contributed by atoms with E-state index in [1.807, 2.05) is 0 Å². The summed E-state index contributed by atoms with van der Waals surface area (Å²) < 4.78 is 5.17. The minimum absolute atomic E-state index is 0.378. The van der Waals surface area contributed by atoms with Crippen LogP contribution in [0.25, 0.3) is 0 Å². The van der Waals surface area contributed by atoms with Gasteiger partial charge in [0, 0.05) is 18.4 Å². The molecule has 0 aromatic carbocycles. The van der Waals surface area contributed by atoms with Crippen LogP contribution in [0.15, 0.2) is 12.2 Å². The van der Waals surface area contributed by atoms with Gasteiger partial charge in [-0.3, -0.25) is 0 Å². The fraction of sp³-hybridized carbons (Fsp3) is 0.700. The van der Waals surface area contributed by atoms with Gasteiger partial charge in [-0.05, 0) is 19.8 Å². The van der Waals surface area contributed by atoms with E-state index in [4.69, 9.17) is 16.3 Å². The standard InChI is InChI=1S/C10H15ClO2/c1-8(2)9(12)13-10(11)6-4-3-5-7-10/h1,3-7H2,2H3. The van der Waals surface area contributed by atoms with Crippen LogP contribution in [0.4, 0.5) is 0 Å². The van der Waals surface area contributed by atoms with E-state index in [-0.39, 0.29) is 5.97 Å². The molecule has 0 aromatic heterocycles. The summed E-state index contributed by atoms with van der Waals surface area (Å²) >= 11 is 6.13. The topological polar surface area (TPSA) is 26.3 Å². The predicted octanol–water partition coefficient (Wildman–Crippen LogP) is 3.00. The molecule has 2 nitrogen and oxygen atoms in total. The van der Waals surface area contributed by atoms with Crippen LogP contribution in [0, 0.1) is 0 Å². The Kier molecular flexibility index (Phi) is 3.37. The molecule has 0 saturated heterocycles. The maximum atomic E-state index is 11.2. The van der Waals surface area contributed by atoms with Crippen LogP contribution < -0.4 is 0 Å². The highest BCUT2D eigenvalue weighted by atomic mass is 35.5. The molecule has 74 valence electrons. The average molecular weight is 203 g/mol. The molecule has 1 fully saturated rings. The number of halogens is 1. The van der Waals surface area contributed by atoms with Crippen molar-refractivity contribution >= 4 is 17.6 Å². The monoisotopic (exact) mass is 202 g/mol. The van der Waals surface area contributed by atoms with Gasteiger partial charge in [0.1, 0.15) is 0 Å². The van der Waals surface area contributed by atoms with Crippen molar-refractivity contribution < 1.29 is 9.53 Å². The Morgan fingerprint density at radius 2 is 1.92 bits per heavy atom. The lowest BCUT2D eigenvalue weighted by molar-refractivity contribution is -0.149. The highest BCUT2D eigenvalue weighted by molar-refractivity contribution is 6.23. The fourth-order valence-corrected chi connectivity index (χ4v) is 1.77. The van der Waals surface area contributed by atoms with Gasteiger partial charge in [-0.15, -0.1) is 0 Å². The van der Waals surface area contributed by atoms with Gasteiger partial charge in [0.2, 0.25) is 0 Å². The normalized spacial score (nSPS) is 20.8. The molecule has 1 saturated carbocycles. The molecule has 0 unspecified atom stereocenters. The van der Waals surface area contributed by atoms with E-state index in [0.717, 1.165) is 25.7 Å². The molecule has 3 heteroatoms. The van der Waals surface area contributed by atoms with Gasteiger partial charge >= 0.3 is 5.97 Å². The van der Waals surface area contributed by atoms with Crippen molar-refractivity contribution in [2.75, 3.05) is 0 Å². The molecule has 0 heterocycles. The highest BCUT2D eigenvalue weighted by Gasteiger charge is 2.33. The third-order valence-electron chi connectivity index (χ3n) is 2.22. The van der Waals surface area contributed by atoms with Gasteiger partial charge in [-0.25, -0.2) is 4.79 Å². The molecule has 0 bridgehead atoms. The predicted molar refractivity (Wildman–Crippen MR) is 52.6 cm³/mol. The molecule has 1 aliphatic rings. The van der Waals surface area contributed by atoms with Crippen molar-refractivity contribution in [1.29, 1.82) is 0 Å². The molecule has 0 amide bonds. The van der Waals surface area contributed by atoms with Gasteiger partial charge in [0.05, 0.1) is 0 Å². The Labute approximate surface area is 83.9 Å². The van der Waals surface area contributed by atoms with Gasteiger partial charge < -0.3 is 4.74 Å². The van der Waals surface area contributed by atoms with Crippen molar-refractivity contribution in [3.63, 3.8) is 0 Å². The lowest BCUT2D eigenvalue weighted by Gasteiger charge is -2.30. The number of esters is 1. The van der Waals surface area contributed by atoms with Crippen LogP contribution in [-0.4, -0.2) is 11.0 Å². The largest absolute Gasteiger partial charge is 0.440 e. The Balaban J connectivity index is 2.50. The zero-order valence-corrected chi connectivity index (χ0v) is 8.69. The SMILES string of the molecule is C=C(C)C(=O)OC1(Cl)CCCCC1. The number of carbonyl (C=O) groups excluding carboxylic acids is 1. The Morgan fingerprint density at radius 1 is 1.38 bits per heavy atom. The second-order valence-corrected chi connectivity index (χ2v) is 4.30. The smallest absolute Gasteiger partial charge is 0.334 e. The maximum Gasteiger partial charge on any atom is 0.334 e. The summed E-state index contributed by atoms with van der Waals surface area (Å²) in [5.41, 5.74) is 0.408. The Hall–Kier alpha value is -0.500. The number of carbonyl (C=O) groups is 1. The molecule has 0 aliphatic heterocycles. The summed E-state index contributed by atoms with van der Waals surface area (Å²) in [6, 6.07) is 0. The number of rotatable bonds is 2. The molecule has 0 aromatic rings. The molecule has 1 rings (SSSR count). The van der Waals surface area contributed by atoms with Crippen LogP contribution in [-0.2, 0) is 9.53 Å². The second-order valence-electron chi connectivity index (χ2n) is 3.61. The van der Waals surface area contributed by atoms with E-state index in [2.05, 4.69) is 6.58 Å². The molecule has 0 N–H and O–H groups in total. The summed E-state index contributed by atoms with van der Waals surface area (Å²) in [7, 11) is 0. The number of hydrogen-bond donors (Lipinski definition) is 0. The lowest BCUT2D eigenvalue weighted by Crippen LogP contribution is -2.31. The van der Waals surface area contributed by atoms with Crippen molar-refractivity contribution in [2.24, 2.45) is 0 Å². The molecular weight excluding hydrogens is 188 g/mol. The third-order valence-corrected chi connectivity index (χ3v) is 2.68. The van der Waals surface area contributed by atoms with E-state index in [9.17, 15) is 4.79 Å². The van der Waals surface area contributed by atoms with Crippen LogP contribution in [0.5, 0.6) is 0 Å². The Bertz CT molecular complexity index is 217. The number of alkyl halides is 1. The van der Waals surface area contributed by atoms with E-state index >= 15 is 0 Å². The van der Waals surface area contributed by atoms with Crippen LogP contribution in [0.1, 0.15) is 39.0 Å². The summed E-state index contributed by atoms with van der Waals surface area (Å²) in [5.74, 6) is -0.378. The third kappa shape index (κ3) is 3.03. The van der Waals surface area contributed by atoms with Gasteiger partial charge in [-0.2, -0.15) is 0 Å². The van der Waals surface area contributed by atoms with Gasteiger partial charge in [0.15, 0.2) is 5.06 Å². The van der Waals surface area contributed by atoms with E-state index < -0.39 is 5.06 Å². The average Bonchev–Trinajstić information content (AvgIpc) is 2.04. The Morgan fingerprint density at radius 3 is 2.38 bits per heavy atom. The van der Waals surface area contributed by atoms with E-state index in [1.165, 1.54) is 6.42 Å². The van der Waals surface area contributed by atoms with Gasteiger partial charge in [-0.1, -0.05) is 24.6 Å². The van der Waals surface area contributed by atoms with Crippen LogP contribution in [0.3, 0.4) is 0 Å². The van der Waals surface area contributed by atoms with Gasteiger partial charge in [0.25, 0.3) is 0 Å². The van der Waals surface area contributed by atoms with Crippen LogP contribution in [0.2, 0.25) is 0 Å². The zero-order chi connectivity index (χ0) is 9.90. The zero-order valence-electron chi connectivity index (χ0n) is 7.94. The minimum atomic E-state index is -0.756. The summed E-state index contributed by atoms with van der Waals surface area (Å²) in [5, 5.41) is -0.756. The first-order valence-electron chi connectivity index (χ1n) is 4.61. The quantitative estimate of drug-likeness (QED) is 0.391. The summed E-state index contributed by atoms with van der Waals surface area (Å²) in [4.78, 5) is 11.2. The van der Waals surface area contributed by atoms with Crippen molar-refractivity contribution in [2.45, 2.75) is 44.1 Å². The maximum absolute atomic E-state index is 11.2. The lowest BCUT2D eigenvalue weighted by atomic mass is 9.97.